The van der Waals surface area contributed by atoms with Gasteiger partial charge in [0.15, 0.2) is 10.9 Å². The second-order valence-corrected chi connectivity index (χ2v) is 9.18. The van der Waals surface area contributed by atoms with E-state index in [9.17, 15) is 9.59 Å². The number of thiazole rings is 1. The highest BCUT2D eigenvalue weighted by molar-refractivity contribution is 7.18. The Morgan fingerprint density at radius 1 is 1.21 bits per heavy atom. The van der Waals surface area contributed by atoms with Crippen LogP contribution in [0, 0.1) is 13.8 Å². The van der Waals surface area contributed by atoms with E-state index in [0.717, 1.165) is 24.2 Å². The van der Waals surface area contributed by atoms with Gasteiger partial charge in [-0.15, -0.1) is 11.3 Å². The first-order chi connectivity index (χ1) is 13.9. The van der Waals surface area contributed by atoms with Gasteiger partial charge in [-0.2, -0.15) is 0 Å². The van der Waals surface area contributed by atoms with Crippen molar-refractivity contribution in [2.75, 3.05) is 4.90 Å². The molecule has 1 aliphatic carbocycles. The minimum atomic E-state index is -0.0528. The van der Waals surface area contributed by atoms with E-state index >= 15 is 0 Å². The molecule has 1 fully saturated rings. The molecule has 0 radical (unpaired) electrons. The lowest BCUT2D eigenvalue weighted by Gasteiger charge is -2.18. The quantitative estimate of drug-likeness (QED) is 0.474. The number of Topliss-reactive ketones (excluding diaryl/α,β-unsaturated/α-hetero) is 1. The van der Waals surface area contributed by atoms with Gasteiger partial charge in [0.2, 0.25) is 0 Å². The molecular weight excluding hydrogens is 404 g/mol. The minimum absolute atomic E-state index is 0.0129. The first kappa shape index (κ1) is 19.8. The third kappa shape index (κ3) is 4.41. The standard InChI is InChI=1S/C22H22N2O3S2/c1-13-4-8-18(9-5-13)27-11-16-10-19(28-12-16)21(26)24(17-6-7-17)22-23-14(2)20(29-22)15(3)25/h4-5,8-10,12,17H,6-7,11H2,1-3H3. The lowest BCUT2D eigenvalue weighted by molar-refractivity contribution is 0.0986. The molecule has 150 valence electrons. The van der Waals surface area contributed by atoms with Crippen molar-refractivity contribution in [3.8, 4) is 5.75 Å². The van der Waals surface area contributed by atoms with E-state index in [-0.39, 0.29) is 17.7 Å². The van der Waals surface area contributed by atoms with Crippen LogP contribution in [0.2, 0.25) is 0 Å². The van der Waals surface area contributed by atoms with Gasteiger partial charge >= 0.3 is 0 Å². The lowest BCUT2D eigenvalue weighted by Crippen LogP contribution is -2.32. The van der Waals surface area contributed by atoms with Crippen molar-refractivity contribution in [2.24, 2.45) is 0 Å². The highest BCUT2D eigenvalue weighted by atomic mass is 32.1. The topological polar surface area (TPSA) is 59.5 Å². The van der Waals surface area contributed by atoms with Crippen LogP contribution in [0.25, 0.3) is 0 Å². The number of hydrogen-bond donors (Lipinski definition) is 0. The van der Waals surface area contributed by atoms with E-state index in [2.05, 4.69) is 4.98 Å². The van der Waals surface area contributed by atoms with Crippen LogP contribution in [0.1, 0.15) is 55.9 Å². The molecule has 0 saturated heterocycles. The van der Waals surface area contributed by atoms with Gasteiger partial charge in [0.05, 0.1) is 15.4 Å². The van der Waals surface area contributed by atoms with Crippen LogP contribution < -0.4 is 9.64 Å². The number of carbonyl (C=O) groups excluding carboxylic acids is 2. The maximum atomic E-state index is 13.2. The number of carbonyl (C=O) groups is 2. The SMILES string of the molecule is CC(=O)c1sc(N(C(=O)c2cc(COc3ccc(C)cc3)cs2)C2CC2)nc1C. The molecule has 0 atom stereocenters. The van der Waals surface area contributed by atoms with Gasteiger partial charge in [0.1, 0.15) is 12.4 Å². The molecule has 29 heavy (non-hydrogen) atoms. The summed E-state index contributed by atoms with van der Waals surface area (Å²) in [4.78, 5) is 32.6. The van der Waals surface area contributed by atoms with Gasteiger partial charge in [-0.05, 0) is 50.3 Å². The normalized spacial score (nSPS) is 13.3. The number of anilines is 1. The predicted molar refractivity (Wildman–Crippen MR) is 117 cm³/mol. The Bertz CT molecular complexity index is 1050. The van der Waals surface area contributed by atoms with Crippen molar-refractivity contribution >= 4 is 39.5 Å². The van der Waals surface area contributed by atoms with Gasteiger partial charge in [-0.25, -0.2) is 4.98 Å². The van der Waals surface area contributed by atoms with Crippen LogP contribution in [0.3, 0.4) is 0 Å². The molecule has 0 unspecified atom stereocenters. The number of amides is 1. The van der Waals surface area contributed by atoms with E-state index in [0.29, 0.717) is 27.2 Å². The van der Waals surface area contributed by atoms with Gasteiger partial charge in [0.25, 0.3) is 5.91 Å². The first-order valence-electron chi connectivity index (χ1n) is 9.51. The molecule has 3 aromatic rings. The van der Waals surface area contributed by atoms with Crippen molar-refractivity contribution in [1.29, 1.82) is 0 Å². The average molecular weight is 427 g/mol. The Balaban J connectivity index is 1.50. The molecule has 1 saturated carbocycles. The number of aromatic nitrogens is 1. The fourth-order valence-electron chi connectivity index (χ4n) is 3.04. The highest BCUT2D eigenvalue weighted by Gasteiger charge is 2.37. The fourth-order valence-corrected chi connectivity index (χ4v) is 4.90. The second kappa shape index (κ2) is 8.08. The lowest BCUT2D eigenvalue weighted by atomic mass is 10.2. The summed E-state index contributed by atoms with van der Waals surface area (Å²) in [6.45, 7) is 5.81. The summed E-state index contributed by atoms with van der Waals surface area (Å²) in [5.41, 5.74) is 2.84. The van der Waals surface area contributed by atoms with E-state index < -0.39 is 0 Å². The Labute approximate surface area is 178 Å². The van der Waals surface area contributed by atoms with Crippen molar-refractivity contribution in [3.63, 3.8) is 0 Å². The van der Waals surface area contributed by atoms with Crippen molar-refractivity contribution in [2.45, 2.75) is 46.3 Å². The maximum Gasteiger partial charge on any atom is 0.270 e. The van der Waals surface area contributed by atoms with Gasteiger partial charge in [-0.1, -0.05) is 29.0 Å². The van der Waals surface area contributed by atoms with E-state index in [1.807, 2.05) is 49.6 Å². The van der Waals surface area contributed by atoms with E-state index in [4.69, 9.17) is 4.74 Å². The van der Waals surface area contributed by atoms with Gasteiger partial charge < -0.3 is 4.74 Å². The molecule has 0 aliphatic heterocycles. The first-order valence-corrected chi connectivity index (χ1v) is 11.2. The van der Waals surface area contributed by atoms with Crippen molar-refractivity contribution < 1.29 is 14.3 Å². The summed E-state index contributed by atoms with van der Waals surface area (Å²) >= 11 is 2.73. The van der Waals surface area contributed by atoms with Crippen LogP contribution >= 0.6 is 22.7 Å². The highest BCUT2D eigenvalue weighted by Crippen LogP contribution is 2.37. The number of aryl methyl sites for hydroxylation is 2. The zero-order valence-corrected chi connectivity index (χ0v) is 18.2. The summed E-state index contributed by atoms with van der Waals surface area (Å²) in [6.07, 6.45) is 1.93. The summed E-state index contributed by atoms with van der Waals surface area (Å²) in [6, 6.07) is 9.97. The summed E-state index contributed by atoms with van der Waals surface area (Å²) < 4.78 is 5.82. The van der Waals surface area contributed by atoms with E-state index in [1.54, 1.807) is 4.90 Å². The second-order valence-electron chi connectivity index (χ2n) is 7.29. The maximum absolute atomic E-state index is 13.2. The molecular formula is C22H22N2O3S2. The Hall–Kier alpha value is -2.51. The fraction of sp³-hybridized carbons (Fsp3) is 0.318. The zero-order valence-electron chi connectivity index (χ0n) is 16.6. The zero-order chi connectivity index (χ0) is 20.5. The van der Waals surface area contributed by atoms with E-state index in [1.165, 1.54) is 35.2 Å². The Kier molecular flexibility index (Phi) is 5.52. The average Bonchev–Trinajstić information content (AvgIpc) is 3.26. The minimum Gasteiger partial charge on any atom is -0.489 e. The molecule has 5 nitrogen and oxygen atoms in total. The predicted octanol–water partition coefficient (Wildman–Crippen LogP) is 5.41. The molecule has 1 aliphatic rings. The Morgan fingerprint density at radius 3 is 2.55 bits per heavy atom. The number of ether oxygens (including phenoxy) is 1. The van der Waals surface area contributed by atoms with Crippen LogP contribution in [0.15, 0.2) is 35.7 Å². The summed E-state index contributed by atoms with van der Waals surface area (Å²) in [5, 5.41) is 2.58. The third-order valence-electron chi connectivity index (χ3n) is 4.73. The van der Waals surface area contributed by atoms with Crippen LogP contribution in [-0.4, -0.2) is 22.7 Å². The number of hydrogen-bond acceptors (Lipinski definition) is 6. The Morgan fingerprint density at radius 2 is 1.93 bits per heavy atom. The molecule has 0 spiro atoms. The number of thiophene rings is 1. The number of nitrogens with zero attached hydrogens (tertiary/aromatic N) is 2. The van der Waals surface area contributed by atoms with Crippen LogP contribution in [0.5, 0.6) is 5.75 Å². The number of ketones is 1. The van der Waals surface area contributed by atoms with Crippen molar-refractivity contribution in [3.05, 3.63) is 62.3 Å². The molecule has 1 aromatic carbocycles. The molecule has 4 rings (SSSR count). The molecule has 2 heterocycles. The van der Waals surface area contributed by atoms with Crippen LogP contribution in [0.4, 0.5) is 5.13 Å². The molecule has 0 N–H and O–H groups in total. The van der Waals surface area contributed by atoms with Gasteiger partial charge in [-0.3, -0.25) is 14.5 Å². The van der Waals surface area contributed by atoms with Gasteiger partial charge in [0, 0.05) is 18.5 Å². The molecule has 2 aromatic heterocycles. The van der Waals surface area contributed by atoms with Crippen LogP contribution in [-0.2, 0) is 6.61 Å². The smallest absolute Gasteiger partial charge is 0.270 e. The van der Waals surface area contributed by atoms with Crippen molar-refractivity contribution in [1.82, 2.24) is 4.98 Å². The summed E-state index contributed by atoms with van der Waals surface area (Å²) in [5.74, 6) is 0.744. The largest absolute Gasteiger partial charge is 0.489 e. The summed E-state index contributed by atoms with van der Waals surface area (Å²) in [7, 11) is 0. The third-order valence-corrected chi connectivity index (χ3v) is 6.96. The number of rotatable bonds is 7. The monoisotopic (exact) mass is 426 g/mol. The molecule has 0 bridgehead atoms. The molecule has 1 amide bonds. The molecule has 7 heteroatoms. The number of benzene rings is 1.